The number of hydrogen-bond donors (Lipinski definition) is 0. The minimum Gasteiger partial charge on any atom is -0.298 e. The molecule has 0 aliphatic heterocycles. The van der Waals surface area contributed by atoms with Gasteiger partial charge in [-0.1, -0.05) is 54.6 Å². The van der Waals surface area contributed by atoms with Crippen molar-refractivity contribution in [3.63, 3.8) is 0 Å². The van der Waals surface area contributed by atoms with Crippen molar-refractivity contribution in [1.82, 2.24) is 0 Å². The first-order chi connectivity index (χ1) is 8.88. The molecule has 0 fully saturated rings. The Morgan fingerprint density at radius 3 is 2.28 bits per heavy atom. The van der Waals surface area contributed by atoms with Gasteiger partial charge in [-0.15, -0.1) is 11.8 Å². The van der Waals surface area contributed by atoms with E-state index in [4.69, 9.17) is 0 Å². The van der Waals surface area contributed by atoms with Gasteiger partial charge in [-0.25, -0.2) is 0 Å². The summed E-state index contributed by atoms with van der Waals surface area (Å²) in [7, 11) is 0. The number of hydrogen-bond acceptors (Lipinski definition) is 2. The fourth-order valence-electron chi connectivity index (χ4n) is 1.54. The Hall–Kier alpha value is -1.80. The molecular weight excluding hydrogens is 240 g/mol. The number of rotatable bonds is 5. The van der Waals surface area contributed by atoms with Gasteiger partial charge in [0, 0.05) is 16.2 Å². The normalized spacial score (nSPS) is 10.7. The van der Waals surface area contributed by atoms with Gasteiger partial charge in [-0.2, -0.15) is 0 Å². The topological polar surface area (TPSA) is 17.1 Å². The summed E-state index contributed by atoms with van der Waals surface area (Å²) in [6.45, 7) is 0. The largest absolute Gasteiger partial charge is 0.298 e. The molecule has 18 heavy (non-hydrogen) atoms. The standard InChI is InChI=1S/C16H14OS/c17-13-15-8-10-16(11-9-15)18-12-4-7-14-5-2-1-3-6-14/h1-11,13H,12H2/b7-4+. The van der Waals surface area contributed by atoms with Crippen LogP contribution in [0.2, 0.25) is 0 Å². The number of carbonyl (C=O) groups is 1. The average Bonchev–Trinajstić information content (AvgIpc) is 2.45. The van der Waals surface area contributed by atoms with Crippen LogP contribution >= 0.6 is 11.8 Å². The van der Waals surface area contributed by atoms with Gasteiger partial charge in [0.1, 0.15) is 6.29 Å². The van der Waals surface area contributed by atoms with E-state index in [-0.39, 0.29) is 0 Å². The second-order valence-electron chi connectivity index (χ2n) is 3.81. The van der Waals surface area contributed by atoms with E-state index in [1.165, 1.54) is 10.5 Å². The first-order valence-corrected chi connectivity index (χ1v) is 6.77. The van der Waals surface area contributed by atoms with Crippen molar-refractivity contribution in [2.24, 2.45) is 0 Å². The zero-order valence-corrected chi connectivity index (χ0v) is 10.8. The molecule has 90 valence electrons. The summed E-state index contributed by atoms with van der Waals surface area (Å²) in [5.41, 5.74) is 1.94. The van der Waals surface area contributed by atoms with Crippen LogP contribution in [0, 0.1) is 0 Å². The summed E-state index contributed by atoms with van der Waals surface area (Å²) < 4.78 is 0. The van der Waals surface area contributed by atoms with Crippen molar-refractivity contribution in [2.75, 3.05) is 5.75 Å². The van der Waals surface area contributed by atoms with Crippen LogP contribution in [0.15, 0.2) is 65.6 Å². The molecule has 0 aliphatic carbocycles. The number of aldehydes is 1. The molecule has 0 bridgehead atoms. The molecule has 0 saturated heterocycles. The molecule has 0 atom stereocenters. The lowest BCUT2D eigenvalue weighted by Gasteiger charge is -1.98. The Morgan fingerprint density at radius 2 is 1.61 bits per heavy atom. The molecule has 1 nitrogen and oxygen atoms in total. The molecule has 2 aromatic rings. The summed E-state index contributed by atoms with van der Waals surface area (Å²) in [4.78, 5) is 11.7. The Labute approximate surface area is 112 Å². The summed E-state index contributed by atoms with van der Waals surface area (Å²) in [5, 5.41) is 0. The van der Waals surface area contributed by atoms with Crippen LogP contribution in [-0.4, -0.2) is 12.0 Å². The molecule has 0 aliphatic rings. The lowest BCUT2D eigenvalue weighted by atomic mass is 10.2. The smallest absolute Gasteiger partial charge is 0.150 e. The van der Waals surface area contributed by atoms with E-state index in [1.807, 2.05) is 42.5 Å². The quantitative estimate of drug-likeness (QED) is 0.584. The van der Waals surface area contributed by atoms with E-state index >= 15 is 0 Å². The van der Waals surface area contributed by atoms with E-state index in [9.17, 15) is 4.79 Å². The molecule has 0 aromatic heterocycles. The van der Waals surface area contributed by atoms with Gasteiger partial charge < -0.3 is 0 Å². The van der Waals surface area contributed by atoms with Crippen LogP contribution in [0.1, 0.15) is 15.9 Å². The zero-order valence-electron chi connectivity index (χ0n) is 9.95. The highest BCUT2D eigenvalue weighted by atomic mass is 32.2. The van der Waals surface area contributed by atoms with Gasteiger partial charge in [0.25, 0.3) is 0 Å². The predicted molar refractivity (Wildman–Crippen MR) is 78.0 cm³/mol. The van der Waals surface area contributed by atoms with Crippen molar-refractivity contribution >= 4 is 24.1 Å². The first-order valence-electron chi connectivity index (χ1n) is 5.78. The second-order valence-corrected chi connectivity index (χ2v) is 4.90. The molecule has 0 radical (unpaired) electrons. The third kappa shape index (κ3) is 3.90. The van der Waals surface area contributed by atoms with Crippen molar-refractivity contribution in [3.05, 3.63) is 71.8 Å². The van der Waals surface area contributed by atoms with Gasteiger partial charge in [-0.3, -0.25) is 4.79 Å². The third-order valence-corrected chi connectivity index (χ3v) is 3.44. The van der Waals surface area contributed by atoms with E-state index in [0.29, 0.717) is 0 Å². The van der Waals surface area contributed by atoms with Crippen LogP contribution in [0.3, 0.4) is 0 Å². The second kappa shape index (κ2) is 6.82. The molecule has 0 saturated carbocycles. The molecule has 0 amide bonds. The zero-order chi connectivity index (χ0) is 12.6. The molecule has 2 heteroatoms. The highest BCUT2D eigenvalue weighted by molar-refractivity contribution is 7.99. The van der Waals surface area contributed by atoms with Crippen molar-refractivity contribution in [1.29, 1.82) is 0 Å². The lowest BCUT2D eigenvalue weighted by molar-refractivity contribution is 0.112. The van der Waals surface area contributed by atoms with Crippen molar-refractivity contribution in [2.45, 2.75) is 4.90 Å². The first kappa shape index (κ1) is 12.7. The summed E-state index contributed by atoms with van der Waals surface area (Å²) in [6.07, 6.45) is 5.13. The Bertz CT molecular complexity index is 515. The van der Waals surface area contributed by atoms with E-state index < -0.39 is 0 Å². The van der Waals surface area contributed by atoms with Crippen LogP contribution < -0.4 is 0 Å². The van der Waals surface area contributed by atoms with Crippen LogP contribution in [0.4, 0.5) is 0 Å². The van der Waals surface area contributed by atoms with Crippen LogP contribution in [0.5, 0.6) is 0 Å². The van der Waals surface area contributed by atoms with E-state index in [2.05, 4.69) is 24.3 Å². The Balaban J connectivity index is 1.84. The maximum Gasteiger partial charge on any atom is 0.150 e. The monoisotopic (exact) mass is 254 g/mol. The molecule has 0 unspecified atom stereocenters. The highest BCUT2D eigenvalue weighted by Gasteiger charge is 1.93. The fraction of sp³-hybridized carbons (Fsp3) is 0.0625. The molecule has 2 rings (SSSR count). The third-order valence-electron chi connectivity index (χ3n) is 2.47. The number of carbonyl (C=O) groups excluding carboxylic acids is 1. The van der Waals surface area contributed by atoms with Crippen molar-refractivity contribution < 1.29 is 4.79 Å². The van der Waals surface area contributed by atoms with Crippen molar-refractivity contribution in [3.8, 4) is 0 Å². The van der Waals surface area contributed by atoms with Gasteiger partial charge in [0.05, 0.1) is 0 Å². The average molecular weight is 254 g/mol. The summed E-state index contributed by atoms with van der Waals surface area (Å²) in [5.74, 6) is 0.926. The van der Waals surface area contributed by atoms with Gasteiger partial charge in [0.2, 0.25) is 0 Å². The Morgan fingerprint density at radius 1 is 0.889 bits per heavy atom. The molecule has 0 heterocycles. The molecule has 0 N–H and O–H groups in total. The van der Waals surface area contributed by atoms with Gasteiger partial charge in [-0.05, 0) is 17.7 Å². The molecule has 0 spiro atoms. The SMILES string of the molecule is O=Cc1ccc(SC/C=C/c2ccccc2)cc1. The maximum absolute atomic E-state index is 10.5. The predicted octanol–water partition coefficient (Wildman–Crippen LogP) is 4.30. The molecule has 2 aromatic carbocycles. The van der Waals surface area contributed by atoms with Crippen LogP contribution in [-0.2, 0) is 0 Å². The van der Waals surface area contributed by atoms with Crippen LogP contribution in [0.25, 0.3) is 6.08 Å². The number of thioether (sulfide) groups is 1. The minimum atomic E-state index is 0.721. The minimum absolute atomic E-state index is 0.721. The number of benzene rings is 2. The van der Waals surface area contributed by atoms with E-state index in [1.54, 1.807) is 11.8 Å². The van der Waals surface area contributed by atoms with Gasteiger partial charge >= 0.3 is 0 Å². The summed E-state index contributed by atoms with van der Waals surface area (Å²) in [6, 6.07) is 17.9. The summed E-state index contributed by atoms with van der Waals surface area (Å²) >= 11 is 1.76. The molecular formula is C16H14OS. The lowest BCUT2D eigenvalue weighted by Crippen LogP contribution is -1.79. The fourth-order valence-corrected chi connectivity index (χ4v) is 2.25. The maximum atomic E-state index is 10.5. The van der Waals surface area contributed by atoms with Gasteiger partial charge in [0.15, 0.2) is 0 Å². The van der Waals surface area contributed by atoms with E-state index in [0.717, 1.165) is 17.6 Å². The Kier molecular flexibility index (Phi) is 4.79. The highest BCUT2D eigenvalue weighted by Crippen LogP contribution is 2.18.